The molecule has 1 aliphatic heterocycles. The van der Waals surface area contributed by atoms with Gasteiger partial charge in [-0.15, -0.1) is 0 Å². The van der Waals surface area contributed by atoms with E-state index >= 15 is 0 Å². The van der Waals surface area contributed by atoms with Gasteiger partial charge in [0.1, 0.15) is 0 Å². The minimum Gasteiger partial charge on any atom is -0.369 e. The monoisotopic (exact) mass is 253 g/mol. The second kappa shape index (κ2) is 5.13. The number of rotatable bonds is 3. The van der Waals surface area contributed by atoms with Crippen molar-refractivity contribution >= 4 is 0 Å². The van der Waals surface area contributed by atoms with Crippen LogP contribution in [-0.4, -0.2) is 24.3 Å². The van der Waals surface area contributed by atoms with E-state index in [1.165, 1.54) is 25.7 Å². The van der Waals surface area contributed by atoms with Crippen LogP contribution in [0.5, 0.6) is 0 Å². The lowest BCUT2D eigenvalue weighted by Gasteiger charge is -2.49. The van der Waals surface area contributed by atoms with Crippen molar-refractivity contribution in [3.05, 3.63) is 0 Å². The second-order valence-electron chi connectivity index (χ2n) is 7.30. The summed E-state index contributed by atoms with van der Waals surface area (Å²) in [6, 6.07) is 0.592. The largest absolute Gasteiger partial charge is 0.369 e. The third-order valence-electron chi connectivity index (χ3n) is 5.73. The SMILES string of the molecule is CCC1(C)CNC2CC(C(C)(C)CC)CCC2O1. The zero-order valence-corrected chi connectivity index (χ0v) is 12.9. The summed E-state index contributed by atoms with van der Waals surface area (Å²) < 4.78 is 6.36. The number of hydrogen-bond acceptors (Lipinski definition) is 2. The van der Waals surface area contributed by atoms with E-state index in [-0.39, 0.29) is 5.60 Å². The molecule has 18 heavy (non-hydrogen) atoms. The summed E-state index contributed by atoms with van der Waals surface area (Å²) in [7, 11) is 0. The Hall–Kier alpha value is -0.0800. The second-order valence-corrected chi connectivity index (χ2v) is 7.30. The van der Waals surface area contributed by atoms with Crippen molar-refractivity contribution in [2.75, 3.05) is 6.54 Å². The molecule has 0 aromatic carbocycles. The Bertz CT molecular complexity index is 289. The third kappa shape index (κ3) is 2.75. The number of ether oxygens (including phenoxy) is 1. The highest BCUT2D eigenvalue weighted by atomic mass is 16.5. The van der Waals surface area contributed by atoms with Gasteiger partial charge in [0.25, 0.3) is 0 Å². The molecule has 2 heteroatoms. The van der Waals surface area contributed by atoms with Gasteiger partial charge in [-0.1, -0.05) is 34.1 Å². The molecule has 2 nitrogen and oxygen atoms in total. The molecule has 106 valence electrons. The Morgan fingerprint density at radius 3 is 2.61 bits per heavy atom. The quantitative estimate of drug-likeness (QED) is 0.827. The van der Waals surface area contributed by atoms with Crippen LogP contribution in [0.3, 0.4) is 0 Å². The minimum atomic E-state index is 0.0638. The van der Waals surface area contributed by atoms with Crippen molar-refractivity contribution in [2.45, 2.75) is 84.5 Å². The highest BCUT2D eigenvalue weighted by molar-refractivity contribution is 4.97. The predicted octanol–water partition coefficient (Wildman–Crippen LogP) is 3.75. The van der Waals surface area contributed by atoms with Gasteiger partial charge in [-0.25, -0.2) is 0 Å². The van der Waals surface area contributed by atoms with Crippen LogP contribution in [-0.2, 0) is 4.74 Å². The normalized spacial score (nSPS) is 41.5. The average Bonchev–Trinajstić information content (AvgIpc) is 2.38. The van der Waals surface area contributed by atoms with Gasteiger partial charge >= 0.3 is 0 Å². The maximum absolute atomic E-state index is 6.36. The van der Waals surface area contributed by atoms with Gasteiger partial charge in [0.05, 0.1) is 11.7 Å². The average molecular weight is 253 g/mol. The van der Waals surface area contributed by atoms with E-state index in [2.05, 4.69) is 39.9 Å². The molecular formula is C16H31NO. The van der Waals surface area contributed by atoms with Crippen LogP contribution < -0.4 is 5.32 Å². The maximum atomic E-state index is 6.36. The molecular weight excluding hydrogens is 222 g/mol. The summed E-state index contributed by atoms with van der Waals surface area (Å²) >= 11 is 0. The van der Waals surface area contributed by atoms with Crippen LogP contribution in [0.25, 0.3) is 0 Å². The van der Waals surface area contributed by atoms with E-state index in [9.17, 15) is 0 Å². The van der Waals surface area contributed by atoms with Crippen molar-refractivity contribution in [2.24, 2.45) is 11.3 Å². The molecule has 4 unspecified atom stereocenters. The van der Waals surface area contributed by atoms with Crippen LogP contribution in [0.15, 0.2) is 0 Å². The van der Waals surface area contributed by atoms with E-state index in [0.29, 0.717) is 17.6 Å². The first kappa shape index (κ1) is 14.3. The first-order chi connectivity index (χ1) is 8.40. The smallest absolute Gasteiger partial charge is 0.0780 e. The summed E-state index contributed by atoms with van der Waals surface area (Å²) in [5.41, 5.74) is 0.548. The molecule has 0 amide bonds. The molecule has 2 aliphatic rings. The Morgan fingerprint density at radius 1 is 1.28 bits per heavy atom. The molecule has 0 bridgehead atoms. The molecule has 0 radical (unpaired) electrons. The predicted molar refractivity (Wildman–Crippen MR) is 76.8 cm³/mol. The zero-order chi connectivity index (χ0) is 13.4. The number of fused-ring (bicyclic) bond motifs is 1. The summed E-state index contributed by atoms with van der Waals surface area (Å²) in [5, 5.41) is 3.76. The van der Waals surface area contributed by atoms with E-state index in [0.717, 1.165) is 18.9 Å². The van der Waals surface area contributed by atoms with E-state index in [1.54, 1.807) is 0 Å². The summed E-state index contributed by atoms with van der Waals surface area (Å²) in [6.45, 7) is 12.7. The Morgan fingerprint density at radius 2 is 2.00 bits per heavy atom. The Labute approximate surface area is 113 Å². The lowest BCUT2D eigenvalue weighted by Crippen LogP contribution is -2.60. The minimum absolute atomic E-state index is 0.0638. The molecule has 1 saturated carbocycles. The number of hydrogen-bond donors (Lipinski definition) is 1. The molecule has 4 atom stereocenters. The summed E-state index contributed by atoms with van der Waals surface area (Å²) in [4.78, 5) is 0. The molecule has 2 fully saturated rings. The highest BCUT2D eigenvalue weighted by Crippen LogP contribution is 2.43. The summed E-state index contributed by atoms with van der Waals surface area (Å²) in [6.07, 6.45) is 6.71. The molecule has 0 spiro atoms. The van der Waals surface area contributed by atoms with E-state index < -0.39 is 0 Å². The van der Waals surface area contributed by atoms with Gasteiger partial charge in [0.15, 0.2) is 0 Å². The van der Waals surface area contributed by atoms with Crippen molar-refractivity contribution in [3.63, 3.8) is 0 Å². The van der Waals surface area contributed by atoms with Crippen LogP contribution in [0.2, 0.25) is 0 Å². The lowest BCUT2D eigenvalue weighted by molar-refractivity contribution is -0.147. The Balaban J connectivity index is 1.98. The molecule has 2 rings (SSSR count). The first-order valence-electron chi connectivity index (χ1n) is 7.81. The van der Waals surface area contributed by atoms with Gasteiger partial charge < -0.3 is 10.1 Å². The van der Waals surface area contributed by atoms with Crippen LogP contribution >= 0.6 is 0 Å². The van der Waals surface area contributed by atoms with E-state index in [1.807, 2.05) is 0 Å². The Kier molecular flexibility index (Phi) is 4.08. The molecule has 0 aromatic heterocycles. The van der Waals surface area contributed by atoms with Crippen molar-refractivity contribution in [1.82, 2.24) is 5.32 Å². The van der Waals surface area contributed by atoms with Crippen molar-refractivity contribution in [3.8, 4) is 0 Å². The van der Waals surface area contributed by atoms with Crippen LogP contribution in [0.4, 0.5) is 0 Å². The standard InChI is InChI=1S/C16H31NO/c1-6-15(3,4)12-8-9-14-13(10-12)17-11-16(5,7-2)18-14/h12-14,17H,6-11H2,1-5H3. The zero-order valence-electron chi connectivity index (χ0n) is 12.9. The van der Waals surface area contributed by atoms with Gasteiger partial charge in [-0.05, 0) is 43.9 Å². The van der Waals surface area contributed by atoms with E-state index in [4.69, 9.17) is 4.74 Å². The molecule has 0 aromatic rings. The number of nitrogens with one attached hydrogen (secondary N) is 1. The fourth-order valence-corrected chi connectivity index (χ4v) is 3.46. The topological polar surface area (TPSA) is 21.3 Å². The van der Waals surface area contributed by atoms with Gasteiger partial charge in [0, 0.05) is 12.6 Å². The first-order valence-corrected chi connectivity index (χ1v) is 7.81. The van der Waals surface area contributed by atoms with Gasteiger partial charge in [-0.2, -0.15) is 0 Å². The third-order valence-corrected chi connectivity index (χ3v) is 5.73. The van der Waals surface area contributed by atoms with Gasteiger partial charge in [-0.3, -0.25) is 0 Å². The van der Waals surface area contributed by atoms with Crippen LogP contribution in [0, 0.1) is 11.3 Å². The fourth-order valence-electron chi connectivity index (χ4n) is 3.46. The molecule has 1 N–H and O–H groups in total. The molecule has 1 aliphatic carbocycles. The van der Waals surface area contributed by atoms with Gasteiger partial charge in [0.2, 0.25) is 0 Å². The fraction of sp³-hybridized carbons (Fsp3) is 1.00. The molecule has 1 saturated heterocycles. The maximum Gasteiger partial charge on any atom is 0.0780 e. The lowest BCUT2D eigenvalue weighted by atomic mass is 9.67. The highest BCUT2D eigenvalue weighted by Gasteiger charge is 2.43. The molecule has 1 heterocycles. The van der Waals surface area contributed by atoms with Crippen molar-refractivity contribution in [1.29, 1.82) is 0 Å². The van der Waals surface area contributed by atoms with Crippen LogP contribution in [0.1, 0.15) is 66.7 Å². The van der Waals surface area contributed by atoms with Crippen molar-refractivity contribution < 1.29 is 4.74 Å². The summed E-state index contributed by atoms with van der Waals surface area (Å²) in [5.74, 6) is 0.853. The number of morpholine rings is 1.